The molecule has 1 rings (SSSR count). The number of hydrogen-bond acceptors (Lipinski definition) is 10. The van der Waals surface area contributed by atoms with Crippen molar-refractivity contribution < 1.29 is 31.7 Å². The maximum absolute atomic E-state index is 15.2. The first-order valence-corrected chi connectivity index (χ1v) is 15.2. The van der Waals surface area contributed by atoms with Crippen LogP contribution in [0.25, 0.3) is 0 Å². The van der Waals surface area contributed by atoms with Gasteiger partial charge in [0.05, 0.1) is 58.1 Å². The van der Waals surface area contributed by atoms with Gasteiger partial charge in [0.2, 0.25) is 0 Å². The number of halogens is 2. The highest BCUT2D eigenvalue weighted by Gasteiger charge is 2.46. The monoisotopic (exact) mass is 616 g/mol. The summed E-state index contributed by atoms with van der Waals surface area (Å²) in [5.74, 6) is 3.57. The van der Waals surface area contributed by atoms with Crippen LogP contribution in [-0.2, 0) is 28.5 Å². The van der Waals surface area contributed by atoms with Crippen LogP contribution in [0.15, 0.2) is 28.2 Å². The summed E-state index contributed by atoms with van der Waals surface area (Å²) in [5.41, 5.74) is 5.14. The number of nitrogens with two attached hydrogens (primary N) is 2. The predicted molar refractivity (Wildman–Crippen MR) is 157 cm³/mol. The fourth-order valence-corrected chi connectivity index (χ4v) is 5.28. The molecule has 0 spiro atoms. The molecule has 0 aliphatic carbocycles. The average Bonchev–Trinajstić information content (AvgIpc) is 2.97. The average molecular weight is 617 g/mol. The number of hydrogen-bond donors (Lipinski definition) is 4. The number of phosphoric ester groups is 1. The quantitative estimate of drug-likeness (QED) is 0.0307. The van der Waals surface area contributed by atoms with Gasteiger partial charge in [0.1, 0.15) is 23.6 Å². The highest BCUT2D eigenvalue weighted by molar-refractivity contribution is 7.48. The second kappa shape index (κ2) is 21.8. The Hall–Kier alpha value is -2.83. The third-order valence-electron chi connectivity index (χ3n) is 5.87. The van der Waals surface area contributed by atoms with Crippen molar-refractivity contribution in [1.29, 1.82) is 10.7 Å². The van der Waals surface area contributed by atoms with Gasteiger partial charge in [-0.3, -0.25) is 34.8 Å². The molecule has 236 valence electrons. The van der Waals surface area contributed by atoms with E-state index >= 15 is 4.39 Å². The summed E-state index contributed by atoms with van der Waals surface area (Å²) in [6, 6.07) is 4.53. The Kier molecular flexibility index (Phi) is 19.3. The molecule has 1 aromatic carbocycles. The Morgan fingerprint density at radius 3 is 2.50 bits per heavy atom. The Labute approximate surface area is 246 Å². The van der Waals surface area contributed by atoms with Gasteiger partial charge in [0.15, 0.2) is 0 Å². The SMILES string of the molecule is CCCCCCCCCOCCOP(=O)(OCCC#N)OC(CN=CN=CN)(CN(C=N)NN)c1ccc(F)cc1F. The highest BCUT2D eigenvalue weighted by Crippen LogP contribution is 2.55. The van der Waals surface area contributed by atoms with E-state index in [-0.39, 0.29) is 31.8 Å². The van der Waals surface area contributed by atoms with Gasteiger partial charge in [-0.25, -0.2) is 18.3 Å². The van der Waals surface area contributed by atoms with Crippen LogP contribution in [0, 0.1) is 28.4 Å². The molecule has 0 aromatic heterocycles. The standard InChI is InChI=1S/C26H43F2N8O5P/c1-2-3-4-5-6-7-8-13-38-15-16-40-42(37,39-14-9-12-29)41-26(18-33-22-34-20-30,19-36(21-31)35-32)24-11-10-23(27)17-25(24)28/h10-11,17,20-22,31,35H,2-9,13-16,18-19,32H2,1H3,(H2,30,33,34). The van der Waals surface area contributed by atoms with Crippen LogP contribution in [0.2, 0.25) is 0 Å². The van der Waals surface area contributed by atoms with Gasteiger partial charge >= 0.3 is 7.82 Å². The number of phosphoric acid groups is 1. The number of unbranched alkanes of at least 4 members (excludes halogenated alkanes) is 6. The van der Waals surface area contributed by atoms with Crippen LogP contribution in [0.1, 0.15) is 63.9 Å². The van der Waals surface area contributed by atoms with E-state index in [9.17, 15) is 8.96 Å². The lowest BCUT2D eigenvalue weighted by Crippen LogP contribution is -2.52. The number of hydrazine groups is 2. The molecule has 0 aliphatic heterocycles. The molecule has 0 amide bonds. The lowest BCUT2D eigenvalue weighted by Gasteiger charge is -2.37. The molecule has 0 radical (unpaired) electrons. The topological polar surface area (TPSA) is 194 Å². The fraction of sp³-hybridized carbons (Fsp3) is 0.615. The van der Waals surface area contributed by atoms with Crippen molar-refractivity contribution in [3.05, 3.63) is 35.4 Å². The van der Waals surface area contributed by atoms with Crippen LogP contribution in [0.5, 0.6) is 0 Å². The van der Waals surface area contributed by atoms with E-state index in [1.54, 1.807) is 0 Å². The zero-order chi connectivity index (χ0) is 31.1. The summed E-state index contributed by atoms with van der Waals surface area (Å²) in [6.45, 7) is 1.22. The highest BCUT2D eigenvalue weighted by atomic mass is 31.2. The number of benzene rings is 1. The molecule has 2 atom stereocenters. The summed E-state index contributed by atoms with van der Waals surface area (Å²) in [5, 5.41) is 17.6. The fourth-order valence-electron chi connectivity index (χ4n) is 3.84. The van der Waals surface area contributed by atoms with Crippen molar-refractivity contribution in [2.45, 2.75) is 63.9 Å². The maximum atomic E-state index is 15.2. The van der Waals surface area contributed by atoms with Crippen LogP contribution < -0.4 is 17.1 Å². The Morgan fingerprint density at radius 1 is 1.14 bits per heavy atom. The first-order valence-electron chi connectivity index (χ1n) is 13.7. The van der Waals surface area contributed by atoms with E-state index in [1.165, 1.54) is 25.7 Å². The molecule has 1 aromatic rings. The molecule has 0 aliphatic rings. The molecule has 16 heteroatoms. The largest absolute Gasteiger partial charge is 0.475 e. The molecule has 0 saturated carbocycles. The lowest BCUT2D eigenvalue weighted by atomic mass is 9.93. The van der Waals surface area contributed by atoms with E-state index in [0.717, 1.165) is 55.4 Å². The summed E-state index contributed by atoms with van der Waals surface area (Å²) in [7, 11) is -4.58. The molecule has 0 heterocycles. The molecule has 0 bridgehead atoms. The van der Waals surface area contributed by atoms with Crippen LogP contribution in [0.4, 0.5) is 8.78 Å². The lowest BCUT2D eigenvalue weighted by molar-refractivity contribution is -0.0155. The smallest absolute Gasteiger partial charge is 0.390 e. The second-order valence-corrected chi connectivity index (χ2v) is 10.7. The normalized spacial score (nSPS) is 14.5. The Bertz CT molecular complexity index is 1060. The third-order valence-corrected chi connectivity index (χ3v) is 7.44. The van der Waals surface area contributed by atoms with E-state index < -0.39 is 38.1 Å². The maximum Gasteiger partial charge on any atom is 0.475 e. The number of nitrogens with one attached hydrogen (secondary N) is 2. The van der Waals surface area contributed by atoms with Gasteiger partial charge in [-0.1, -0.05) is 51.5 Å². The van der Waals surface area contributed by atoms with Crippen molar-refractivity contribution >= 4 is 26.8 Å². The summed E-state index contributed by atoms with van der Waals surface area (Å²) < 4.78 is 65.4. The van der Waals surface area contributed by atoms with Gasteiger partial charge in [0.25, 0.3) is 0 Å². The van der Waals surface area contributed by atoms with E-state index in [2.05, 4.69) is 22.4 Å². The predicted octanol–water partition coefficient (Wildman–Crippen LogP) is 4.30. The van der Waals surface area contributed by atoms with Crippen molar-refractivity contribution in [3.8, 4) is 6.07 Å². The summed E-state index contributed by atoms with van der Waals surface area (Å²) in [6.07, 6.45) is 10.5. The van der Waals surface area contributed by atoms with Crippen LogP contribution >= 0.6 is 7.82 Å². The number of nitrogens with zero attached hydrogens (tertiary/aromatic N) is 4. The van der Waals surface area contributed by atoms with Crippen molar-refractivity contribution in [2.75, 3.05) is 39.5 Å². The molecule has 0 saturated heterocycles. The molecular weight excluding hydrogens is 573 g/mol. The minimum Gasteiger partial charge on any atom is -0.390 e. The Morgan fingerprint density at radius 2 is 1.86 bits per heavy atom. The molecule has 42 heavy (non-hydrogen) atoms. The molecule has 13 nitrogen and oxygen atoms in total. The van der Waals surface area contributed by atoms with Crippen LogP contribution in [0.3, 0.4) is 0 Å². The van der Waals surface area contributed by atoms with Crippen LogP contribution in [-0.4, -0.2) is 63.5 Å². The van der Waals surface area contributed by atoms with E-state index in [0.29, 0.717) is 12.7 Å². The number of rotatable bonds is 25. The summed E-state index contributed by atoms with van der Waals surface area (Å²) in [4.78, 5) is 7.73. The second-order valence-electron chi connectivity index (χ2n) is 9.11. The summed E-state index contributed by atoms with van der Waals surface area (Å²) >= 11 is 0. The van der Waals surface area contributed by atoms with Gasteiger partial charge in [-0.15, -0.1) is 0 Å². The third kappa shape index (κ3) is 14.4. The van der Waals surface area contributed by atoms with Crippen molar-refractivity contribution in [1.82, 2.24) is 10.5 Å². The van der Waals surface area contributed by atoms with Gasteiger partial charge in [0, 0.05) is 18.2 Å². The van der Waals surface area contributed by atoms with Crippen molar-refractivity contribution in [2.24, 2.45) is 21.6 Å². The van der Waals surface area contributed by atoms with E-state index in [4.69, 9.17) is 40.6 Å². The number of ether oxygens (including phenoxy) is 1. The zero-order valence-electron chi connectivity index (χ0n) is 24.1. The van der Waals surface area contributed by atoms with Gasteiger partial charge < -0.3 is 10.5 Å². The molecular formula is C26H43F2N8O5P. The molecule has 0 fully saturated rings. The van der Waals surface area contributed by atoms with E-state index in [1.807, 2.05) is 6.07 Å². The molecule has 2 unspecified atom stereocenters. The first kappa shape index (κ1) is 37.2. The minimum atomic E-state index is -4.58. The number of aliphatic imine (C=N–C) groups is 2. The number of nitriles is 1. The van der Waals surface area contributed by atoms with Gasteiger partial charge in [-0.2, -0.15) is 10.8 Å². The zero-order valence-corrected chi connectivity index (χ0v) is 24.9. The van der Waals surface area contributed by atoms with Gasteiger partial charge in [-0.05, 0) is 12.5 Å². The van der Waals surface area contributed by atoms with Crippen molar-refractivity contribution in [3.63, 3.8) is 0 Å². The Balaban J connectivity index is 3.18. The molecule has 6 N–H and O–H groups in total. The minimum absolute atomic E-state index is 0.0586. The first-order chi connectivity index (χ1) is 20.3.